The van der Waals surface area contributed by atoms with Crippen molar-refractivity contribution in [2.24, 2.45) is 48.3 Å². The quantitative estimate of drug-likeness (QED) is 0.141. The Balaban J connectivity index is 1.51. The zero-order valence-electron chi connectivity index (χ0n) is 45.2. The minimum absolute atomic E-state index is 0.00931. The van der Waals surface area contributed by atoms with Crippen LogP contribution < -0.4 is 16.2 Å². The lowest BCUT2D eigenvalue weighted by atomic mass is 9.76. The van der Waals surface area contributed by atoms with Crippen LogP contribution in [0.2, 0.25) is 0 Å². The van der Waals surface area contributed by atoms with E-state index in [2.05, 4.69) is 13.8 Å². The van der Waals surface area contributed by atoms with E-state index in [1.165, 1.54) is 16.6 Å². The number of aryl methyl sites for hydroxylation is 1. The molecule has 1 aliphatic carbocycles. The standard InChI is InChI=1S/C57H88N4O11/c1-35-18-13-12-14-19-36(2)47(60(9)45-21-17-28-59(8)54(45)65)34-44-26-23-41(7)57(68,72-44)53(64)55(66)61-29-16-15-20-46(61)56(67)71-48(38(4)31-42-24-22-37(3)49(33-42)69-10)27-25-43(58)32-40(6)51(63)52(70-11)50(62)39(5)30-35/h12-14,17-19,21,28,32,35,37-39,41-44,46-49,51-52,63,68H,15-16,20,22-27,29-31,33-34,58H2,1-11H3/b14-12+,18-13+,36-19+,40-32+/t35-,37-,38-,39-,41-,42+,43+,44?,46?,47+,48+,49-,51-,52+,57-/m1/s1. The molecule has 1 aromatic heterocycles. The third kappa shape index (κ3) is 14.7. The average Bonchev–Trinajstić information content (AvgIpc) is 3.35. The summed E-state index contributed by atoms with van der Waals surface area (Å²) in [4.78, 5) is 74.0. The van der Waals surface area contributed by atoms with Crippen molar-refractivity contribution in [2.45, 2.75) is 186 Å². The van der Waals surface area contributed by atoms with Gasteiger partial charge in [-0.15, -0.1) is 0 Å². The van der Waals surface area contributed by atoms with Crippen molar-refractivity contribution < 1.29 is 48.3 Å². The number of anilines is 1. The molecule has 1 amide bonds. The van der Waals surface area contributed by atoms with E-state index in [-0.39, 0.29) is 48.7 Å². The van der Waals surface area contributed by atoms with Gasteiger partial charge in [0.15, 0.2) is 5.78 Å². The zero-order valence-corrected chi connectivity index (χ0v) is 45.2. The summed E-state index contributed by atoms with van der Waals surface area (Å²) in [6.45, 7) is 13.7. The molecule has 1 saturated carbocycles. The molecule has 3 fully saturated rings. The van der Waals surface area contributed by atoms with Crippen LogP contribution in [0.3, 0.4) is 0 Å². The molecule has 0 spiro atoms. The van der Waals surface area contributed by atoms with E-state index in [1.807, 2.05) is 63.1 Å². The summed E-state index contributed by atoms with van der Waals surface area (Å²) >= 11 is 0. The number of aliphatic hydroxyl groups excluding tert-OH is 1. The largest absolute Gasteiger partial charge is 0.461 e. The van der Waals surface area contributed by atoms with Gasteiger partial charge in [-0.05, 0) is 139 Å². The first-order valence-electron chi connectivity index (χ1n) is 26.7. The van der Waals surface area contributed by atoms with Gasteiger partial charge in [-0.25, -0.2) is 4.79 Å². The summed E-state index contributed by atoms with van der Waals surface area (Å²) in [5, 5.41) is 23.8. The molecule has 1 aromatic rings. The Bertz CT molecular complexity index is 2190. The van der Waals surface area contributed by atoms with Gasteiger partial charge in [-0.3, -0.25) is 19.2 Å². The summed E-state index contributed by atoms with van der Waals surface area (Å²) in [5.41, 5.74) is 8.36. The summed E-state index contributed by atoms with van der Waals surface area (Å²) in [6, 6.07) is 1.50. The predicted octanol–water partition coefficient (Wildman–Crippen LogP) is 7.16. The molecule has 4 aliphatic rings. The van der Waals surface area contributed by atoms with E-state index in [9.17, 15) is 34.2 Å². The van der Waals surface area contributed by atoms with Crippen molar-refractivity contribution in [3.05, 3.63) is 76.3 Å². The molecule has 2 saturated heterocycles. The average molecular weight is 1010 g/mol. The lowest BCUT2D eigenvalue weighted by Gasteiger charge is -2.43. The number of pyridine rings is 1. The van der Waals surface area contributed by atoms with Crippen molar-refractivity contribution in [1.29, 1.82) is 0 Å². The number of ketones is 2. The minimum Gasteiger partial charge on any atom is -0.461 e. The number of ether oxygens (including phenoxy) is 4. The van der Waals surface area contributed by atoms with E-state index in [0.717, 1.165) is 31.3 Å². The second kappa shape index (κ2) is 26.8. The fourth-order valence-electron chi connectivity index (χ4n) is 11.6. The summed E-state index contributed by atoms with van der Waals surface area (Å²) in [5.74, 6) is -5.86. The number of nitrogens with zero attached hydrogens (tertiary/aromatic N) is 3. The topological polar surface area (TPSA) is 200 Å². The summed E-state index contributed by atoms with van der Waals surface area (Å²) < 4.78 is 25.8. The first kappa shape index (κ1) is 58.6. The maximum absolute atomic E-state index is 14.5. The number of nitrogens with two attached hydrogens (primary N) is 1. The highest BCUT2D eigenvalue weighted by Crippen LogP contribution is 2.39. The number of aliphatic hydroxyl groups is 2. The fraction of sp³-hybridized carbons (Fsp3) is 0.702. The van der Waals surface area contributed by atoms with Crippen molar-refractivity contribution in [3.8, 4) is 0 Å². The highest BCUT2D eigenvalue weighted by molar-refractivity contribution is 6.39. The molecule has 0 radical (unpaired) electrons. The van der Waals surface area contributed by atoms with Gasteiger partial charge in [-0.1, -0.05) is 76.6 Å². The first-order chi connectivity index (χ1) is 34.1. The molecule has 15 atom stereocenters. The number of Topliss-reactive ketones (excluding diaryl/α,β-unsaturated/α-hetero) is 2. The number of hydrogen-bond donors (Lipinski definition) is 3. The van der Waals surface area contributed by atoms with E-state index in [4.69, 9.17) is 24.7 Å². The lowest BCUT2D eigenvalue weighted by Crippen LogP contribution is -2.61. The normalized spacial score (nSPS) is 37.5. The number of cyclic esters (lactones) is 1. The predicted molar refractivity (Wildman–Crippen MR) is 280 cm³/mol. The molecular weight excluding hydrogens is 917 g/mol. The van der Waals surface area contributed by atoms with Gasteiger partial charge >= 0.3 is 5.97 Å². The van der Waals surface area contributed by atoms with Crippen LogP contribution in [-0.2, 0) is 45.2 Å². The number of likely N-dealkylation sites (N-methyl/N-ethyl adjacent to an activating group) is 1. The van der Waals surface area contributed by atoms with E-state index < -0.39 is 77.8 Å². The van der Waals surface area contributed by atoms with Crippen LogP contribution in [0.1, 0.15) is 132 Å². The van der Waals surface area contributed by atoms with Gasteiger partial charge in [0, 0.05) is 58.9 Å². The second-order valence-electron chi connectivity index (χ2n) is 22.0. The van der Waals surface area contributed by atoms with Crippen molar-refractivity contribution in [3.63, 3.8) is 0 Å². The smallest absolute Gasteiger partial charge is 0.329 e. The van der Waals surface area contributed by atoms with E-state index in [0.29, 0.717) is 68.0 Å². The molecule has 2 unspecified atom stereocenters. The molecule has 2 bridgehead atoms. The fourth-order valence-corrected chi connectivity index (χ4v) is 11.6. The van der Waals surface area contributed by atoms with Gasteiger partial charge in [0.2, 0.25) is 5.79 Å². The molecule has 5 rings (SSSR count). The van der Waals surface area contributed by atoms with Gasteiger partial charge in [0.1, 0.15) is 30.0 Å². The summed E-state index contributed by atoms with van der Waals surface area (Å²) in [6.07, 6.45) is 17.2. The molecule has 4 N–H and O–H groups in total. The number of hydrogen-bond acceptors (Lipinski definition) is 13. The number of methoxy groups -OCH3 is 2. The Labute approximate surface area is 429 Å². The van der Waals surface area contributed by atoms with Crippen LogP contribution >= 0.6 is 0 Å². The molecule has 4 heterocycles. The number of piperidine rings is 1. The molecular formula is C57H88N4O11. The van der Waals surface area contributed by atoms with Crippen molar-refractivity contribution >= 4 is 29.1 Å². The molecule has 0 aromatic carbocycles. The number of amides is 1. The third-order valence-corrected chi connectivity index (χ3v) is 16.4. The Morgan fingerprint density at radius 3 is 2.35 bits per heavy atom. The molecule has 402 valence electrons. The molecule has 15 heteroatoms. The van der Waals surface area contributed by atoms with Gasteiger partial charge in [0.05, 0.1) is 18.2 Å². The highest BCUT2D eigenvalue weighted by Gasteiger charge is 2.53. The third-order valence-electron chi connectivity index (χ3n) is 16.4. The Morgan fingerprint density at radius 1 is 0.903 bits per heavy atom. The van der Waals surface area contributed by atoms with Crippen molar-refractivity contribution in [1.82, 2.24) is 9.47 Å². The molecule has 3 aliphatic heterocycles. The zero-order chi connectivity index (χ0) is 53.0. The Kier molecular flexibility index (Phi) is 21.8. The maximum atomic E-state index is 14.5. The van der Waals surface area contributed by atoms with Gasteiger partial charge in [-0.2, -0.15) is 0 Å². The number of carbonyl (C=O) groups excluding carboxylic acids is 4. The van der Waals surface area contributed by atoms with Crippen molar-refractivity contribution in [2.75, 3.05) is 32.7 Å². The number of carbonyl (C=O) groups is 4. The number of aromatic nitrogens is 1. The van der Waals surface area contributed by atoms with Gasteiger partial charge < -0.3 is 49.3 Å². The lowest BCUT2D eigenvalue weighted by molar-refractivity contribution is -0.263. The monoisotopic (exact) mass is 1000 g/mol. The second-order valence-corrected chi connectivity index (χ2v) is 22.0. The molecule has 15 nitrogen and oxygen atoms in total. The van der Waals surface area contributed by atoms with Crippen LogP contribution in [0.4, 0.5) is 5.69 Å². The number of esters is 1. The first-order valence-corrected chi connectivity index (χ1v) is 26.7. The maximum Gasteiger partial charge on any atom is 0.329 e. The number of fused-ring (bicyclic) bond motifs is 3. The highest BCUT2D eigenvalue weighted by atomic mass is 16.6. The van der Waals surface area contributed by atoms with E-state index in [1.54, 1.807) is 52.4 Å². The number of rotatable bonds is 7. The van der Waals surface area contributed by atoms with Crippen LogP contribution in [0.25, 0.3) is 0 Å². The van der Waals surface area contributed by atoms with Gasteiger partial charge in [0.25, 0.3) is 17.2 Å². The van der Waals surface area contributed by atoms with Crippen LogP contribution in [0.15, 0.2) is 70.7 Å². The number of allylic oxidation sites excluding steroid dienone is 5. The van der Waals surface area contributed by atoms with Crippen LogP contribution in [0, 0.1) is 35.5 Å². The minimum atomic E-state index is -2.46. The Morgan fingerprint density at radius 2 is 1.64 bits per heavy atom. The summed E-state index contributed by atoms with van der Waals surface area (Å²) in [7, 11) is 6.69. The van der Waals surface area contributed by atoms with Crippen LogP contribution in [0.5, 0.6) is 0 Å². The SMILES string of the molecule is CO[C@@H]1C[C@H](C[C@@H](C)[C@@H]2CC[C@H](N)/C=C(\C)[C@@H](O)[C@@H](OC)C(=O)[C@H](C)C[C@H](C)/C=C/C=C/C=C(\C)[C@@H](N(C)c3cccn(C)c3=O)CC3CC[C@@H](C)[C@@](O)(O3)C(=O)C(=O)N3CCCCC3C(=O)O2)CC[C@H]1C. The Hall–Kier alpha value is -4.25. The van der Waals surface area contributed by atoms with E-state index >= 15 is 0 Å². The molecule has 72 heavy (non-hydrogen) atoms. The van der Waals surface area contributed by atoms with Crippen LogP contribution in [-0.4, -0.2) is 125 Å².